The molecule has 0 radical (unpaired) electrons. The van der Waals surface area contributed by atoms with Crippen LogP contribution in [0.2, 0.25) is 0 Å². The maximum Gasteiger partial charge on any atom is 0.123 e. The molecule has 1 fully saturated rings. The van der Waals surface area contributed by atoms with Gasteiger partial charge in [-0.1, -0.05) is 6.07 Å². The number of β-amino-alcohol motifs (C(OH)–C–C–N with tert-alkyl or cyclic N) is 1. The first-order chi connectivity index (χ1) is 13.7. The molecule has 6 nitrogen and oxygen atoms in total. The minimum absolute atomic E-state index is 0.238. The smallest absolute Gasteiger partial charge is 0.123 e. The van der Waals surface area contributed by atoms with E-state index in [9.17, 15) is 5.11 Å². The topological polar surface area (TPSA) is 60.4 Å². The van der Waals surface area contributed by atoms with Crippen LogP contribution >= 0.6 is 0 Å². The van der Waals surface area contributed by atoms with Crippen LogP contribution in [0.3, 0.4) is 0 Å². The van der Waals surface area contributed by atoms with Crippen LogP contribution < -0.4 is 14.2 Å². The molecule has 1 unspecified atom stereocenters. The molecule has 4 rings (SSSR count). The molecule has 1 N–H and O–H groups in total. The molecule has 2 aliphatic rings. The van der Waals surface area contributed by atoms with Gasteiger partial charge in [-0.2, -0.15) is 0 Å². The molecule has 0 saturated carbocycles. The summed E-state index contributed by atoms with van der Waals surface area (Å²) in [5, 5.41) is 10.3. The van der Waals surface area contributed by atoms with Crippen LogP contribution in [-0.2, 0) is 11.2 Å². The number of aliphatic hydroxyl groups is 1. The average Bonchev–Trinajstić information content (AvgIpc) is 3.20. The quantitative estimate of drug-likeness (QED) is 0.790. The highest BCUT2D eigenvalue weighted by atomic mass is 16.5. The van der Waals surface area contributed by atoms with Crippen molar-refractivity contribution in [3.8, 4) is 28.4 Å². The predicted molar refractivity (Wildman–Crippen MR) is 106 cm³/mol. The monoisotopic (exact) mass is 385 g/mol. The van der Waals surface area contributed by atoms with E-state index < -0.39 is 6.10 Å². The number of hydrogen-bond acceptors (Lipinski definition) is 6. The van der Waals surface area contributed by atoms with E-state index >= 15 is 0 Å². The van der Waals surface area contributed by atoms with Crippen LogP contribution in [0.4, 0.5) is 0 Å². The lowest BCUT2D eigenvalue weighted by Crippen LogP contribution is -2.42. The molecule has 0 bridgehead atoms. The minimum atomic E-state index is -0.551. The molecule has 0 amide bonds. The average molecular weight is 385 g/mol. The van der Waals surface area contributed by atoms with Crippen LogP contribution in [0.1, 0.15) is 5.56 Å². The number of fused-ring (bicyclic) bond motifs is 1. The summed E-state index contributed by atoms with van der Waals surface area (Å²) in [7, 11) is 1.65. The number of morpholine rings is 1. The molecule has 1 saturated heterocycles. The van der Waals surface area contributed by atoms with Gasteiger partial charge in [-0.25, -0.2) is 0 Å². The van der Waals surface area contributed by atoms with E-state index in [2.05, 4.69) is 17.0 Å². The highest BCUT2D eigenvalue weighted by molar-refractivity contribution is 5.69. The molecule has 2 aliphatic heterocycles. The fraction of sp³-hybridized carbons (Fsp3) is 0.455. The zero-order chi connectivity index (χ0) is 19.3. The predicted octanol–water partition coefficient (Wildman–Crippen LogP) is 2.37. The maximum atomic E-state index is 10.3. The molecular formula is C22H27NO5. The Balaban J connectivity index is 1.44. The van der Waals surface area contributed by atoms with Gasteiger partial charge in [0.25, 0.3) is 0 Å². The van der Waals surface area contributed by atoms with Crippen molar-refractivity contribution in [1.82, 2.24) is 4.90 Å². The Bertz CT molecular complexity index is 804. The first-order valence-electron chi connectivity index (χ1n) is 9.77. The summed E-state index contributed by atoms with van der Waals surface area (Å²) >= 11 is 0. The van der Waals surface area contributed by atoms with Crippen molar-refractivity contribution in [3.63, 3.8) is 0 Å². The van der Waals surface area contributed by atoms with Gasteiger partial charge in [0.1, 0.15) is 30.0 Å². The Morgan fingerprint density at radius 2 is 1.86 bits per heavy atom. The summed E-state index contributed by atoms with van der Waals surface area (Å²) in [5.74, 6) is 2.38. The fourth-order valence-corrected chi connectivity index (χ4v) is 3.63. The number of hydrogen-bond donors (Lipinski definition) is 1. The van der Waals surface area contributed by atoms with Crippen LogP contribution in [-0.4, -0.2) is 69.3 Å². The normalized spacial score (nSPS) is 17.6. The van der Waals surface area contributed by atoms with Crippen LogP contribution in [0.15, 0.2) is 36.4 Å². The van der Waals surface area contributed by atoms with Gasteiger partial charge in [0.2, 0.25) is 0 Å². The molecule has 2 heterocycles. The number of methoxy groups -OCH3 is 1. The van der Waals surface area contributed by atoms with E-state index in [1.807, 2.05) is 24.3 Å². The summed E-state index contributed by atoms with van der Waals surface area (Å²) < 4.78 is 22.3. The van der Waals surface area contributed by atoms with Crippen molar-refractivity contribution in [3.05, 3.63) is 42.0 Å². The number of rotatable bonds is 7. The Hall–Kier alpha value is -2.28. The third-order valence-electron chi connectivity index (χ3n) is 5.15. The van der Waals surface area contributed by atoms with Gasteiger partial charge in [0, 0.05) is 32.1 Å². The minimum Gasteiger partial charge on any atom is -0.497 e. The highest BCUT2D eigenvalue weighted by Crippen LogP contribution is 2.34. The van der Waals surface area contributed by atoms with Gasteiger partial charge in [0.05, 0.1) is 26.9 Å². The lowest BCUT2D eigenvalue weighted by molar-refractivity contribution is 0.00464. The lowest BCUT2D eigenvalue weighted by Gasteiger charge is -2.28. The summed E-state index contributed by atoms with van der Waals surface area (Å²) in [6.07, 6.45) is 0.384. The van der Waals surface area contributed by atoms with Crippen molar-refractivity contribution in [2.75, 3.05) is 53.2 Å². The first-order valence-corrected chi connectivity index (χ1v) is 9.77. The van der Waals surface area contributed by atoms with Gasteiger partial charge < -0.3 is 24.1 Å². The molecule has 6 heteroatoms. The second kappa shape index (κ2) is 8.82. The maximum absolute atomic E-state index is 10.3. The van der Waals surface area contributed by atoms with Crippen molar-refractivity contribution >= 4 is 0 Å². The van der Waals surface area contributed by atoms with Crippen LogP contribution in [0, 0.1) is 0 Å². The Kier molecular flexibility index (Phi) is 6.00. The number of nitrogens with zero attached hydrogens (tertiary/aromatic N) is 1. The van der Waals surface area contributed by atoms with Crippen molar-refractivity contribution in [1.29, 1.82) is 0 Å². The Morgan fingerprint density at radius 3 is 2.68 bits per heavy atom. The summed E-state index contributed by atoms with van der Waals surface area (Å²) in [6, 6.07) is 12.1. The van der Waals surface area contributed by atoms with Gasteiger partial charge in [-0.15, -0.1) is 0 Å². The van der Waals surface area contributed by atoms with Crippen molar-refractivity contribution in [2.24, 2.45) is 0 Å². The molecule has 2 aromatic carbocycles. The largest absolute Gasteiger partial charge is 0.497 e. The van der Waals surface area contributed by atoms with Gasteiger partial charge in [0.15, 0.2) is 0 Å². The second-order valence-electron chi connectivity index (χ2n) is 7.20. The standard InChI is InChI=1S/C22H27NO5/c1-25-20-11-18(16-2-3-22-17(10-16)4-7-27-22)12-21(13-20)28-15-19(24)14-23-5-8-26-9-6-23/h2-3,10-13,19,24H,4-9,14-15H2,1H3. The zero-order valence-corrected chi connectivity index (χ0v) is 16.2. The highest BCUT2D eigenvalue weighted by Gasteiger charge is 2.16. The van der Waals surface area contributed by atoms with E-state index in [-0.39, 0.29) is 6.61 Å². The zero-order valence-electron chi connectivity index (χ0n) is 16.2. The lowest BCUT2D eigenvalue weighted by atomic mass is 10.0. The number of ether oxygens (including phenoxy) is 4. The fourth-order valence-electron chi connectivity index (χ4n) is 3.63. The third kappa shape index (κ3) is 4.58. The van der Waals surface area contributed by atoms with Crippen LogP contribution in [0.5, 0.6) is 17.2 Å². The Labute approximate surface area is 165 Å². The van der Waals surface area contributed by atoms with Gasteiger partial charge in [-0.3, -0.25) is 4.90 Å². The molecule has 2 aromatic rings. The van der Waals surface area contributed by atoms with E-state index in [0.717, 1.165) is 62.0 Å². The molecule has 28 heavy (non-hydrogen) atoms. The first kappa shape index (κ1) is 19.1. The number of benzene rings is 2. The molecule has 0 spiro atoms. The molecule has 1 atom stereocenters. The second-order valence-corrected chi connectivity index (χ2v) is 7.20. The van der Waals surface area contributed by atoms with Crippen molar-refractivity contribution < 1.29 is 24.1 Å². The van der Waals surface area contributed by atoms with E-state index in [1.165, 1.54) is 5.56 Å². The van der Waals surface area contributed by atoms with Crippen molar-refractivity contribution in [2.45, 2.75) is 12.5 Å². The van der Waals surface area contributed by atoms with Gasteiger partial charge in [-0.05, 0) is 41.0 Å². The van der Waals surface area contributed by atoms with Crippen LogP contribution in [0.25, 0.3) is 11.1 Å². The van der Waals surface area contributed by atoms with E-state index in [0.29, 0.717) is 12.3 Å². The Morgan fingerprint density at radius 1 is 1.04 bits per heavy atom. The molecular weight excluding hydrogens is 358 g/mol. The molecule has 150 valence electrons. The number of aliphatic hydroxyl groups excluding tert-OH is 1. The molecule has 0 aromatic heterocycles. The van der Waals surface area contributed by atoms with E-state index in [1.54, 1.807) is 7.11 Å². The summed E-state index contributed by atoms with van der Waals surface area (Å²) in [5.41, 5.74) is 3.34. The molecule has 0 aliphatic carbocycles. The summed E-state index contributed by atoms with van der Waals surface area (Å²) in [6.45, 7) is 4.71. The SMILES string of the molecule is COc1cc(OCC(O)CN2CCOCC2)cc(-c2ccc3c(c2)CCO3)c1. The summed E-state index contributed by atoms with van der Waals surface area (Å²) in [4.78, 5) is 2.20. The van der Waals surface area contributed by atoms with Gasteiger partial charge >= 0.3 is 0 Å². The van der Waals surface area contributed by atoms with E-state index in [4.69, 9.17) is 18.9 Å². The third-order valence-corrected chi connectivity index (χ3v) is 5.15.